The van der Waals surface area contributed by atoms with E-state index in [2.05, 4.69) is 15.6 Å². The quantitative estimate of drug-likeness (QED) is 0.905. The number of halogens is 1. The minimum atomic E-state index is -0.264. The minimum absolute atomic E-state index is 0.238. The van der Waals surface area contributed by atoms with Gasteiger partial charge in [0.15, 0.2) is 0 Å². The summed E-state index contributed by atoms with van der Waals surface area (Å²) >= 11 is 0. The molecule has 5 heteroatoms. The lowest BCUT2D eigenvalue weighted by molar-refractivity contribution is 0.430. The van der Waals surface area contributed by atoms with E-state index in [1.807, 2.05) is 33.2 Å². The zero-order valence-electron chi connectivity index (χ0n) is 11.0. The summed E-state index contributed by atoms with van der Waals surface area (Å²) in [6, 6.07) is 4.93. The van der Waals surface area contributed by atoms with Crippen molar-refractivity contribution in [3.8, 4) is 5.69 Å². The third-order valence-electron chi connectivity index (χ3n) is 3.24. The number of nitrogens with zero attached hydrogens (tertiary/aromatic N) is 3. The highest BCUT2D eigenvalue weighted by atomic mass is 19.1. The molecule has 96 valence electrons. The second kappa shape index (κ2) is 4.49. The predicted octanol–water partition coefficient (Wildman–Crippen LogP) is 2.17. The van der Waals surface area contributed by atoms with Crippen LogP contribution in [0.5, 0.6) is 0 Å². The van der Waals surface area contributed by atoms with Gasteiger partial charge in [-0.25, -0.2) is 9.07 Å². The molecule has 1 N–H and O–H groups in total. The Hall–Kier alpha value is -1.75. The second-order valence-electron chi connectivity index (χ2n) is 4.81. The molecular weight excluding hydrogens is 231 g/mol. The Balaban J connectivity index is 2.45. The van der Waals surface area contributed by atoms with Crippen molar-refractivity contribution in [3.05, 3.63) is 41.5 Å². The minimum Gasteiger partial charge on any atom is -0.310 e. The molecule has 1 heterocycles. The van der Waals surface area contributed by atoms with Crippen LogP contribution in [-0.4, -0.2) is 22.0 Å². The number of nitrogens with one attached hydrogen (secondary N) is 1. The number of benzene rings is 1. The molecule has 0 saturated carbocycles. The Morgan fingerprint density at radius 3 is 2.72 bits per heavy atom. The average Bonchev–Trinajstić information content (AvgIpc) is 2.82. The maximum Gasteiger partial charge on any atom is 0.128 e. The molecular formula is C13H17FN4. The van der Waals surface area contributed by atoms with Crippen molar-refractivity contribution >= 4 is 0 Å². The van der Waals surface area contributed by atoms with E-state index in [4.69, 9.17) is 0 Å². The van der Waals surface area contributed by atoms with Gasteiger partial charge in [0, 0.05) is 5.56 Å². The van der Waals surface area contributed by atoms with Gasteiger partial charge in [0.25, 0.3) is 0 Å². The molecule has 1 aromatic heterocycles. The van der Waals surface area contributed by atoms with E-state index in [1.165, 1.54) is 6.07 Å². The van der Waals surface area contributed by atoms with E-state index in [0.717, 1.165) is 5.69 Å². The fourth-order valence-corrected chi connectivity index (χ4v) is 1.64. The van der Waals surface area contributed by atoms with Gasteiger partial charge in [-0.05, 0) is 40.0 Å². The highest BCUT2D eigenvalue weighted by Gasteiger charge is 2.22. The first-order chi connectivity index (χ1) is 8.45. The molecule has 0 fully saturated rings. The van der Waals surface area contributed by atoms with Gasteiger partial charge in [-0.15, -0.1) is 5.10 Å². The summed E-state index contributed by atoms with van der Waals surface area (Å²) in [5.41, 5.74) is 1.82. The first kappa shape index (κ1) is 12.7. The van der Waals surface area contributed by atoms with Crippen molar-refractivity contribution in [2.45, 2.75) is 26.3 Å². The summed E-state index contributed by atoms with van der Waals surface area (Å²) in [7, 11) is 1.87. The summed E-state index contributed by atoms with van der Waals surface area (Å²) in [6.45, 7) is 5.76. The third-order valence-corrected chi connectivity index (χ3v) is 3.24. The van der Waals surface area contributed by atoms with E-state index in [0.29, 0.717) is 11.3 Å². The molecule has 0 aliphatic rings. The van der Waals surface area contributed by atoms with Gasteiger partial charge in [-0.1, -0.05) is 11.3 Å². The standard InChI is InChI=1S/C13H17FN4/c1-9-10(14)6-5-7-11(9)18-8-12(16-17-18)13(2,3)15-4/h5-8,15H,1-4H3. The Labute approximate surface area is 106 Å². The molecule has 0 saturated heterocycles. The largest absolute Gasteiger partial charge is 0.310 e. The van der Waals surface area contributed by atoms with Crippen molar-refractivity contribution < 1.29 is 4.39 Å². The van der Waals surface area contributed by atoms with Gasteiger partial charge in [0.2, 0.25) is 0 Å². The van der Waals surface area contributed by atoms with E-state index < -0.39 is 0 Å². The fourth-order valence-electron chi connectivity index (χ4n) is 1.64. The molecule has 0 bridgehead atoms. The number of rotatable bonds is 3. The molecule has 0 spiro atoms. The maximum absolute atomic E-state index is 13.5. The zero-order valence-corrected chi connectivity index (χ0v) is 11.0. The summed E-state index contributed by atoms with van der Waals surface area (Å²) in [5.74, 6) is -0.238. The SMILES string of the molecule is CNC(C)(C)c1cn(-c2cccc(F)c2C)nn1. The molecule has 1 aromatic carbocycles. The highest BCUT2D eigenvalue weighted by Crippen LogP contribution is 2.20. The average molecular weight is 248 g/mol. The number of hydrogen-bond acceptors (Lipinski definition) is 3. The van der Waals surface area contributed by atoms with Crippen molar-refractivity contribution in [3.63, 3.8) is 0 Å². The van der Waals surface area contributed by atoms with Crippen LogP contribution in [0.3, 0.4) is 0 Å². The summed E-state index contributed by atoms with van der Waals surface area (Å²) in [5, 5.41) is 11.4. The fraction of sp³-hybridized carbons (Fsp3) is 0.385. The van der Waals surface area contributed by atoms with Gasteiger partial charge in [-0.3, -0.25) is 0 Å². The molecule has 4 nitrogen and oxygen atoms in total. The zero-order chi connectivity index (χ0) is 13.3. The van der Waals surface area contributed by atoms with Gasteiger partial charge >= 0.3 is 0 Å². The predicted molar refractivity (Wildman–Crippen MR) is 68.1 cm³/mol. The second-order valence-corrected chi connectivity index (χ2v) is 4.81. The first-order valence-corrected chi connectivity index (χ1v) is 5.83. The Bertz CT molecular complexity index is 560. The Kier molecular flexibility index (Phi) is 3.17. The smallest absolute Gasteiger partial charge is 0.128 e. The molecule has 0 radical (unpaired) electrons. The monoisotopic (exact) mass is 248 g/mol. The molecule has 0 aliphatic heterocycles. The summed E-state index contributed by atoms with van der Waals surface area (Å²) in [4.78, 5) is 0. The molecule has 2 aromatic rings. The van der Waals surface area contributed by atoms with Crippen molar-refractivity contribution in [1.82, 2.24) is 20.3 Å². The van der Waals surface area contributed by atoms with Gasteiger partial charge < -0.3 is 5.32 Å². The lowest BCUT2D eigenvalue weighted by atomic mass is 10.0. The van der Waals surface area contributed by atoms with Crippen LogP contribution in [0.2, 0.25) is 0 Å². The molecule has 0 aliphatic carbocycles. The number of hydrogen-bond donors (Lipinski definition) is 1. The number of aromatic nitrogens is 3. The van der Waals surface area contributed by atoms with Crippen LogP contribution in [0.15, 0.2) is 24.4 Å². The first-order valence-electron chi connectivity index (χ1n) is 5.83. The van der Waals surface area contributed by atoms with Gasteiger partial charge in [0.05, 0.1) is 17.4 Å². The van der Waals surface area contributed by atoms with Crippen molar-refractivity contribution in [1.29, 1.82) is 0 Å². The van der Waals surface area contributed by atoms with Crippen LogP contribution in [0.1, 0.15) is 25.1 Å². The normalized spacial score (nSPS) is 11.8. The lowest BCUT2D eigenvalue weighted by Crippen LogP contribution is -2.33. The Morgan fingerprint density at radius 2 is 2.06 bits per heavy atom. The molecule has 0 unspecified atom stereocenters. The maximum atomic E-state index is 13.5. The van der Waals surface area contributed by atoms with Crippen LogP contribution in [0, 0.1) is 12.7 Å². The lowest BCUT2D eigenvalue weighted by Gasteiger charge is -2.20. The van der Waals surface area contributed by atoms with Crippen molar-refractivity contribution in [2.24, 2.45) is 0 Å². The topological polar surface area (TPSA) is 42.7 Å². The van der Waals surface area contributed by atoms with Crippen LogP contribution < -0.4 is 5.32 Å². The van der Waals surface area contributed by atoms with Gasteiger partial charge in [-0.2, -0.15) is 0 Å². The highest BCUT2D eigenvalue weighted by molar-refractivity contribution is 5.40. The molecule has 0 atom stereocenters. The van der Waals surface area contributed by atoms with Crippen LogP contribution in [-0.2, 0) is 5.54 Å². The van der Waals surface area contributed by atoms with E-state index >= 15 is 0 Å². The van der Waals surface area contributed by atoms with Crippen LogP contribution in [0.4, 0.5) is 4.39 Å². The van der Waals surface area contributed by atoms with E-state index in [9.17, 15) is 4.39 Å². The molecule has 18 heavy (non-hydrogen) atoms. The third kappa shape index (κ3) is 2.13. The van der Waals surface area contributed by atoms with E-state index in [1.54, 1.807) is 17.7 Å². The van der Waals surface area contributed by atoms with Crippen LogP contribution in [0.25, 0.3) is 5.69 Å². The van der Waals surface area contributed by atoms with Crippen LogP contribution >= 0.6 is 0 Å². The molecule has 0 amide bonds. The van der Waals surface area contributed by atoms with Gasteiger partial charge in [0.1, 0.15) is 11.5 Å². The summed E-state index contributed by atoms with van der Waals surface area (Å²) < 4.78 is 15.1. The molecule has 2 rings (SSSR count). The van der Waals surface area contributed by atoms with E-state index in [-0.39, 0.29) is 11.4 Å². The summed E-state index contributed by atoms with van der Waals surface area (Å²) in [6.07, 6.45) is 1.82. The Morgan fingerprint density at radius 1 is 1.33 bits per heavy atom. The van der Waals surface area contributed by atoms with Crippen molar-refractivity contribution in [2.75, 3.05) is 7.05 Å².